The van der Waals surface area contributed by atoms with Crippen LogP contribution >= 0.6 is 11.6 Å². The number of anilines is 1. The van der Waals surface area contributed by atoms with Gasteiger partial charge in [-0.25, -0.2) is 4.79 Å². The van der Waals surface area contributed by atoms with E-state index >= 15 is 0 Å². The number of carbonyl (C=O) groups is 2. The molecule has 1 aromatic carbocycles. The van der Waals surface area contributed by atoms with Crippen LogP contribution in [0, 0.1) is 23.2 Å². The van der Waals surface area contributed by atoms with Crippen molar-refractivity contribution in [2.24, 2.45) is 23.2 Å². The van der Waals surface area contributed by atoms with Crippen LogP contribution in [0.3, 0.4) is 0 Å². The Morgan fingerprint density at radius 2 is 1.61 bits per heavy atom. The molecule has 4 aliphatic carbocycles. The van der Waals surface area contributed by atoms with Gasteiger partial charge in [-0.1, -0.05) is 11.6 Å². The number of carbonyl (C=O) groups excluding carboxylic acids is 1. The van der Waals surface area contributed by atoms with Crippen molar-refractivity contribution in [1.82, 2.24) is 16.0 Å². The highest BCUT2D eigenvalue weighted by atomic mass is 35.5. The summed E-state index contributed by atoms with van der Waals surface area (Å²) in [6.45, 7) is 3.02. The topological polar surface area (TPSA) is 102 Å². The third kappa shape index (κ3) is 5.63. The number of hydrogen-bond acceptors (Lipinski definition) is 4. The lowest BCUT2D eigenvalue weighted by Gasteiger charge is -2.56. The molecule has 0 atom stereocenters. The van der Waals surface area contributed by atoms with Crippen LogP contribution in [0.5, 0.6) is 0 Å². The minimum Gasteiger partial charge on any atom is -0.465 e. The molecule has 4 bridgehead atoms. The Morgan fingerprint density at radius 1 is 0.968 bits per heavy atom. The Labute approximate surface area is 188 Å². The van der Waals surface area contributed by atoms with Gasteiger partial charge in [-0.05, 0) is 79.9 Å². The zero-order valence-corrected chi connectivity index (χ0v) is 18.6. The zero-order chi connectivity index (χ0) is 21.8. The second-order valence-corrected chi connectivity index (χ2v) is 10.1. The molecule has 0 saturated heterocycles. The van der Waals surface area contributed by atoms with E-state index in [1.807, 2.05) is 12.1 Å². The lowest BCUT2D eigenvalue weighted by Crippen LogP contribution is -2.51. The number of carboxylic acid groups (broad SMARTS) is 1. The highest BCUT2D eigenvalue weighted by molar-refractivity contribution is 6.34. The van der Waals surface area contributed by atoms with Crippen molar-refractivity contribution in [2.45, 2.75) is 38.5 Å². The molecule has 31 heavy (non-hydrogen) atoms. The second kappa shape index (κ2) is 9.65. The van der Waals surface area contributed by atoms with E-state index < -0.39 is 6.09 Å². The van der Waals surface area contributed by atoms with Crippen LogP contribution in [0.25, 0.3) is 0 Å². The van der Waals surface area contributed by atoms with Gasteiger partial charge in [-0.3, -0.25) is 4.79 Å². The van der Waals surface area contributed by atoms with Gasteiger partial charge in [0, 0.05) is 38.4 Å². The van der Waals surface area contributed by atoms with Crippen LogP contribution in [-0.2, 0) is 0 Å². The number of amides is 2. The fraction of sp³-hybridized carbons (Fsp3) is 0.652. The fourth-order valence-corrected chi connectivity index (χ4v) is 6.56. The summed E-state index contributed by atoms with van der Waals surface area (Å²) in [6, 6.07) is 5.43. The quantitative estimate of drug-likeness (QED) is 0.352. The first kappa shape index (κ1) is 22.2. The largest absolute Gasteiger partial charge is 0.465 e. The summed E-state index contributed by atoms with van der Waals surface area (Å²) in [5.41, 5.74) is 1.65. The van der Waals surface area contributed by atoms with E-state index in [2.05, 4.69) is 21.3 Å². The predicted octanol–water partition coefficient (Wildman–Crippen LogP) is 3.56. The first-order valence-electron chi connectivity index (χ1n) is 11.4. The number of halogens is 1. The number of benzene rings is 1. The summed E-state index contributed by atoms with van der Waals surface area (Å²) in [5, 5.41) is 20.9. The maximum absolute atomic E-state index is 12.9. The summed E-state index contributed by atoms with van der Waals surface area (Å²) >= 11 is 6.33. The molecule has 0 radical (unpaired) electrons. The van der Waals surface area contributed by atoms with Gasteiger partial charge in [-0.15, -0.1) is 0 Å². The van der Waals surface area contributed by atoms with Crippen molar-refractivity contribution in [3.8, 4) is 0 Å². The van der Waals surface area contributed by atoms with Crippen molar-refractivity contribution in [3.63, 3.8) is 0 Å². The molecule has 0 heterocycles. The molecule has 1 aromatic rings. The highest BCUT2D eigenvalue weighted by Crippen LogP contribution is 2.59. The predicted molar refractivity (Wildman–Crippen MR) is 122 cm³/mol. The van der Waals surface area contributed by atoms with Gasteiger partial charge < -0.3 is 26.4 Å². The van der Waals surface area contributed by atoms with Gasteiger partial charge in [-0.2, -0.15) is 0 Å². The molecule has 0 aromatic heterocycles. The van der Waals surface area contributed by atoms with E-state index in [0.717, 1.165) is 30.0 Å². The van der Waals surface area contributed by atoms with Crippen molar-refractivity contribution < 1.29 is 14.7 Å². The Morgan fingerprint density at radius 3 is 2.26 bits per heavy atom. The van der Waals surface area contributed by atoms with Crippen LogP contribution in [0.2, 0.25) is 5.02 Å². The third-order valence-electron chi connectivity index (χ3n) is 7.21. The van der Waals surface area contributed by atoms with E-state index in [9.17, 15) is 9.59 Å². The monoisotopic (exact) mass is 448 g/mol. The molecule has 7 nitrogen and oxygen atoms in total. The molecular formula is C23H33ClN4O3. The molecule has 4 fully saturated rings. The molecular weight excluding hydrogens is 416 g/mol. The molecule has 4 saturated carbocycles. The molecule has 5 rings (SSSR count). The average Bonchev–Trinajstić information content (AvgIpc) is 2.71. The maximum Gasteiger partial charge on any atom is 0.404 e. The first-order chi connectivity index (χ1) is 14.9. The lowest BCUT2D eigenvalue weighted by molar-refractivity contribution is -0.0503. The van der Waals surface area contributed by atoms with Crippen molar-refractivity contribution in [3.05, 3.63) is 28.8 Å². The summed E-state index contributed by atoms with van der Waals surface area (Å²) < 4.78 is 0. The van der Waals surface area contributed by atoms with Crippen molar-refractivity contribution in [1.29, 1.82) is 0 Å². The van der Waals surface area contributed by atoms with Crippen LogP contribution in [-0.4, -0.2) is 49.8 Å². The minimum atomic E-state index is -1.02. The fourth-order valence-electron chi connectivity index (χ4n) is 6.36. The molecule has 4 aliphatic rings. The molecule has 8 heteroatoms. The van der Waals surface area contributed by atoms with E-state index in [-0.39, 0.29) is 5.91 Å². The maximum atomic E-state index is 12.9. The summed E-state index contributed by atoms with van der Waals surface area (Å²) in [7, 11) is 0. The van der Waals surface area contributed by atoms with Crippen molar-refractivity contribution in [2.75, 3.05) is 38.0 Å². The Kier molecular flexibility index (Phi) is 6.92. The first-order valence-corrected chi connectivity index (χ1v) is 11.8. The standard InChI is InChI=1S/C23H33ClN4O3/c24-20-2-1-18(26-5-3-25-4-6-27-22(30)31)10-19(20)21(29)28-14-23-11-15-7-16(12-23)9-17(8-15)13-23/h1-2,10,15-17,25-27H,3-9,11-14H2,(H,28,29)(H,30,31). The molecule has 0 spiro atoms. The van der Waals surface area contributed by atoms with Gasteiger partial charge in [0.1, 0.15) is 0 Å². The average molecular weight is 449 g/mol. The molecule has 5 N–H and O–H groups in total. The smallest absolute Gasteiger partial charge is 0.404 e. The van der Waals surface area contributed by atoms with Gasteiger partial charge in [0.05, 0.1) is 10.6 Å². The van der Waals surface area contributed by atoms with E-state index in [4.69, 9.17) is 16.7 Å². The highest BCUT2D eigenvalue weighted by Gasteiger charge is 2.50. The molecule has 170 valence electrons. The van der Waals surface area contributed by atoms with E-state index in [1.165, 1.54) is 38.5 Å². The van der Waals surface area contributed by atoms with E-state index in [1.54, 1.807) is 6.07 Å². The van der Waals surface area contributed by atoms with Crippen molar-refractivity contribution >= 4 is 29.3 Å². The van der Waals surface area contributed by atoms with Crippen LogP contribution in [0.4, 0.5) is 10.5 Å². The third-order valence-corrected chi connectivity index (χ3v) is 7.54. The van der Waals surface area contributed by atoms with Gasteiger partial charge >= 0.3 is 6.09 Å². The second-order valence-electron chi connectivity index (χ2n) is 9.70. The Hall–Kier alpha value is -1.99. The lowest BCUT2D eigenvalue weighted by atomic mass is 9.49. The molecule has 2 amide bonds. The molecule has 0 aliphatic heterocycles. The summed E-state index contributed by atoms with van der Waals surface area (Å²) in [5.74, 6) is 2.51. The number of hydrogen-bond donors (Lipinski definition) is 5. The normalized spacial score (nSPS) is 28.4. The SMILES string of the molecule is O=C(O)NCCNCCNc1ccc(Cl)c(C(=O)NCC23CC4CC(CC(C4)C2)C3)c1. The Bertz CT molecular complexity index is 781. The van der Waals surface area contributed by atoms with Gasteiger partial charge in [0.25, 0.3) is 5.91 Å². The minimum absolute atomic E-state index is 0.0951. The summed E-state index contributed by atoms with van der Waals surface area (Å²) in [4.78, 5) is 23.3. The van der Waals surface area contributed by atoms with Gasteiger partial charge in [0.15, 0.2) is 0 Å². The Balaban J connectivity index is 1.25. The van der Waals surface area contributed by atoms with Crippen LogP contribution in [0.15, 0.2) is 18.2 Å². The zero-order valence-electron chi connectivity index (χ0n) is 17.9. The summed E-state index contributed by atoms with van der Waals surface area (Å²) in [6.07, 6.45) is 6.99. The number of rotatable bonds is 10. The van der Waals surface area contributed by atoms with E-state index in [0.29, 0.717) is 42.2 Å². The van der Waals surface area contributed by atoms with Gasteiger partial charge in [0.2, 0.25) is 0 Å². The molecule has 0 unspecified atom stereocenters. The number of nitrogens with one attached hydrogen (secondary N) is 4. The van der Waals surface area contributed by atoms with Crippen LogP contribution in [0.1, 0.15) is 48.9 Å². The van der Waals surface area contributed by atoms with Crippen LogP contribution < -0.4 is 21.3 Å².